The molecular weight excluding hydrogens is 410 g/mol. The van der Waals surface area contributed by atoms with Gasteiger partial charge in [0.1, 0.15) is 0 Å². The number of pyridine rings is 1. The van der Waals surface area contributed by atoms with Gasteiger partial charge in [-0.05, 0) is 59.2 Å². The summed E-state index contributed by atoms with van der Waals surface area (Å²) in [6.45, 7) is 8.28. The van der Waals surface area contributed by atoms with Crippen LogP contribution < -0.4 is 11.2 Å². The summed E-state index contributed by atoms with van der Waals surface area (Å²) in [6.07, 6.45) is 0. The Balaban J connectivity index is 1.91. The fourth-order valence-electron chi connectivity index (χ4n) is 4.18. The molecule has 3 aromatic carbocycles. The maximum atomic E-state index is 13.7. The normalized spacial score (nSPS) is 12.3. The number of aromatic nitrogens is 3. The Bertz CT molecular complexity index is 1640. The van der Waals surface area contributed by atoms with Gasteiger partial charge in [0.15, 0.2) is 5.82 Å². The second kappa shape index (κ2) is 7.55. The van der Waals surface area contributed by atoms with E-state index in [1.807, 2.05) is 67.6 Å². The second-order valence-corrected chi connectivity index (χ2v) is 9.29. The third-order valence-corrected chi connectivity index (χ3v) is 6.00. The number of rotatable bonds is 2. The minimum Gasteiger partial charge on any atom is -0.294 e. The largest absolute Gasteiger partial charge is 0.357 e. The number of nitrogens with zero attached hydrogens (tertiary/aromatic N) is 3. The van der Waals surface area contributed by atoms with Gasteiger partial charge in [-0.1, -0.05) is 69.3 Å². The second-order valence-electron chi connectivity index (χ2n) is 9.29. The van der Waals surface area contributed by atoms with E-state index in [9.17, 15) is 9.59 Å². The molecule has 0 N–H and O–H groups in total. The first-order chi connectivity index (χ1) is 16.2. The summed E-state index contributed by atoms with van der Waals surface area (Å²) in [6, 6.07) is 22.7. The molecule has 0 bridgehead atoms. The quantitative estimate of drug-likeness (QED) is 0.355. The molecule has 5 heteroatoms. The van der Waals surface area contributed by atoms with Crippen molar-refractivity contribution in [2.24, 2.45) is 0 Å². The highest BCUT2D eigenvalue weighted by atomic mass is 16.2. The van der Waals surface area contributed by atoms with Crippen molar-refractivity contribution in [3.63, 3.8) is 0 Å². The molecule has 0 unspecified atom stereocenters. The van der Waals surface area contributed by atoms with E-state index in [1.54, 1.807) is 16.7 Å². The van der Waals surface area contributed by atoms with Crippen LogP contribution in [0.5, 0.6) is 0 Å². The molecule has 164 valence electrons. The first-order valence-corrected chi connectivity index (χ1v) is 10.9. The molecule has 0 aliphatic carbocycles. The fourth-order valence-corrected chi connectivity index (χ4v) is 4.18. The van der Waals surface area contributed by atoms with Crippen LogP contribution in [-0.2, 0) is 5.41 Å². The molecule has 5 rings (SSSR count). The summed E-state index contributed by atoms with van der Waals surface area (Å²) in [7, 11) is 0. The van der Waals surface area contributed by atoms with Gasteiger partial charge in [0.2, 0.25) is 0 Å². The molecule has 0 radical (unpaired) electrons. The van der Waals surface area contributed by atoms with Gasteiger partial charge in [0, 0.05) is 5.69 Å². The smallest absolute Gasteiger partial charge is 0.294 e. The molecule has 0 atom stereocenters. The van der Waals surface area contributed by atoms with Crippen LogP contribution in [0.2, 0.25) is 0 Å². The van der Waals surface area contributed by atoms with Crippen molar-refractivity contribution in [1.82, 2.24) is 14.1 Å². The minimum absolute atomic E-state index is 0.0138. The molecule has 2 aliphatic rings. The van der Waals surface area contributed by atoms with Crippen molar-refractivity contribution in [1.29, 1.82) is 0 Å². The Labute approximate surface area is 193 Å². The van der Waals surface area contributed by atoms with Crippen molar-refractivity contribution >= 4 is 10.9 Å². The Kier molecular flexibility index (Phi) is 4.50. The van der Waals surface area contributed by atoms with Gasteiger partial charge in [-0.2, -0.15) is 4.98 Å². The van der Waals surface area contributed by atoms with E-state index in [0.29, 0.717) is 16.6 Å². The lowest BCUT2D eigenvalue weighted by molar-refractivity contribution is 0.590. The van der Waals surface area contributed by atoms with Crippen molar-refractivity contribution in [2.45, 2.75) is 33.1 Å². The van der Waals surface area contributed by atoms with Gasteiger partial charge < -0.3 is 0 Å². The van der Waals surface area contributed by atoms with Crippen LogP contribution in [0.4, 0.5) is 0 Å². The number of hydrogen-bond acceptors (Lipinski definition) is 3. The SMILES string of the molecule is [2H]c1c2c(=O)n(-c3ccccc3C)c(=O)nc-2n(-c2ccc(C(C)(C)C)cc2)c2ccccc12. The Morgan fingerprint density at radius 2 is 1.52 bits per heavy atom. The van der Waals surface area contributed by atoms with Crippen LogP contribution in [-0.4, -0.2) is 14.1 Å². The molecule has 3 aromatic rings. The predicted molar refractivity (Wildman–Crippen MR) is 133 cm³/mol. The number of hydrogen-bond donors (Lipinski definition) is 0. The van der Waals surface area contributed by atoms with Crippen LogP contribution in [0.25, 0.3) is 33.7 Å². The molecular formula is C28H25N3O2. The predicted octanol–water partition coefficient (Wildman–Crippen LogP) is 5.25. The average Bonchev–Trinajstić information content (AvgIpc) is 2.80. The van der Waals surface area contributed by atoms with E-state index in [-0.39, 0.29) is 22.8 Å². The van der Waals surface area contributed by atoms with E-state index < -0.39 is 11.2 Å². The first-order valence-electron chi connectivity index (χ1n) is 11.4. The number of para-hydroxylation sites is 2. The monoisotopic (exact) mass is 436 g/mol. The molecule has 33 heavy (non-hydrogen) atoms. The van der Waals surface area contributed by atoms with Gasteiger partial charge in [-0.25, -0.2) is 9.36 Å². The average molecular weight is 437 g/mol. The lowest BCUT2D eigenvalue weighted by atomic mass is 9.87. The maximum absolute atomic E-state index is 13.7. The zero-order chi connectivity index (χ0) is 24.2. The van der Waals surface area contributed by atoms with Gasteiger partial charge in [0.25, 0.3) is 5.56 Å². The van der Waals surface area contributed by atoms with Crippen molar-refractivity contribution in [3.8, 4) is 22.8 Å². The van der Waals surface area contributed by atoms with Crippen LogP contribution in [0.15, 0.2) is 88.4 Å². The van der Waals surface area contributed by atoms with E-state index in [2.05, 4.69) is 25.8 Å². The van der Waals surface area contributed by atoms with Crippen LogP contribution in [0, 0.1) is 6.92 Å². The Morgan fingerprint density at radius 3 is 2.21 bits per heavy atom. The maximum Gasteiger partial charge on any atom is 0.357 e. The summed E-state index contributed by atoms with van der Waals surface area (Å²) < 4.78 is 11.7. The highest BCUT2D eigenvalue weighted by Gasteiger charge is 2.22. The lowest BCUT2D eigenvalue weighted by Gasteiger charge is -2.22. The molecule has 0 spiro atoms. The zero-order valence-electron chi connectivity index (χ0n) is 20.1. The topological polar surface area (TPSA) is 56.9 Å². The Morgan fingerprint density at radius 1 is 0.848 bits per heavy atom. The Hall–Kier alpha value is -3.99. The summed E-state index contributed by atoms with van der Waals surface area (Å²) >= 11 is 0. The summed E-state index contributed by atoms with van der Waals surface area (Å²) in [5, 5.41) is 0.615. The minimum atomic E-state index is -0.665. The summed E-state index contributed by atoms with van der Waals surface area (Å²) in [4.78, 5) is 31.3. The van der Waals surface area contributed by atoms with Gasteiger partial charge in [-0.3, -0.25) is 9.36 Å². The van der Waals surface area contributed by atoms with Crippen molar-refractivity contribution < 1.29 is 1.37 Å². The summed E-state index contributed by atoms with van der Waals surface area (Å²) in [5.41, 5.74) is 2.80. The van der Waals surface area contributed by atoms with E-state index >= 15 is 0 Å². The van der Waals surface area contributed by atoms with Crippen molar-refractivity contribution in [2.75, 3.05) is 0 Å². The third-order valence-electron chi connectivity index (χ3n) is 6.00. The first kappa shape index (κ1) is 19.7. The van der Waals surface area contributed by atoms with Gasteiger partial charge >= 0.3 is 5.69 Å². The molecule has 0 amide bonds. The zero-order valence-corrected chi connectivity index (χ0v) is 19.1. The van der Waals surface area contributed by atoms with Crippen molar-refractivity contribution in [3.05, 3.63) is 111 Å². The van der Waals surface area contributed by atoms with E-state index in [1.165, 1.54) is 5.56 Å². The molecule has 0 aromatic heterocycles. The standard InChI is InChI=1S/C28H25N3O2/c1-18-9-5-7-11-23(18)31-26(32)22-17-19-10-6-8-12-24(19)30(25(22)29-27(31)33)21-15-13-20(14-16-21)28(2,3)4/h5-17H,1-4H3/i17D. The fraction of sp³-hybridized carbons (Fsp3) is 0.179. The number of fused-ring (bicyclic) bond motifs is 2. The lowest BCUT2D eigenvalue weighted by Crippen LogP contribution is -2.37. The molecule has 2 heterocycles. The van der Waals surface area contributed by atoms with Gasteiger partial charge in [-0.15, -0.1) is 0 Å². The molecule has 5 nitrogen and oxygen atoms in total. The van der Waals surface area contributed by atoms with Crippen LogP contribution in [0.1, 0.15) is 33.3 Å². The van der Waals surface area contributed by atoms with E-state index in [4.69, 9.17) is 1.37 Å². The number of benzene rings is 3. The molecule has 0 saturated carbocycles. The third kappa shape index (κ3) is 3.46. The number of aryl methyl sites for hydroxylation is 1. The molecule has 0 fully saturated rings. The molecule has 0 saturated heterocycles. The van der Waals surface area contributed by atoms with Crippen LogP contribution >= 0.6 is 0 Å². The van der Waals surface area contributed by atoms with Gasteiger partial charge in [0.05, 0.1) is 18.1 Å². The highest BCUT2D eigenvalue weighted by Crippen LogP contribution is 2.30. The van der Waals surface area contributed by atoms with E-state index in [0.717, 1.165) is 15.8 Å². The highest BCUT2D eigenvalue weighted by molar-refractivity contribution is 5.87. The molecule has 2 aliphatic heterocycles. The van der Waals surface area contributed by atoms with Crippen LogP contribution in [0.3, 0.4) is 0 Å². The summed E-state index contributed by atoms with van der Waals surface area (Å²) in [5.74, 6) is 0.187.